The van der Waals surface area contributed by atoms with Crippen molar-refractivity contribution in [3.8, 4) is 0 Å². The number of nitrogens with one attached hydrogen (secondary N) is 2. The van der Waals surface area contributed by atoms with Crippen LogP contribution in [0.15, 0.2) is 12.1 Å². The van der Waals surface area contributed by atoms with Gasteiger partial charge in [0.05, 0.1) is 0 Å². The summed E-state index contributed by atoms with van der Waals surface area (Å²) in [7, 11) is 0. The fourth-order valence-corrected chi connectivity index (χ4v) is 3.05. The van der Waals surface area contributed by atoms with Gasteiger partial charge in [-0.1, -0.05) is 0 Å². The standard InChI is InChI=1S/C13H20N2OS/c1-10-5-6-12(17-10)3-2-4-13(16)15-11-7-8-14-9-11/h5-6,11,14H,2-4,7-9H2,1H3,(H,15,16). The second kappa shape index (κ2) is 6.17. The van der Waals surface area contributed by atoms with Crippen molar-refractivity contribution in [3.63, 3.8) is 0 Å². The average Bonchev–Trinajstić information content (AvgIpc) is 2.90. The molecule has 0 saturated carbocycles. The molecule has 1 aliphatic heterocycles. The van der Waals surface area contributed by atoms with Crippen LogP contribution in [-0.4, -0.2) is 25.0 Å². The molecule has 0 bridgehead atoms. The molecule has 0 aliphatic carbocycles. The number of carbonyl (C=O) groups is 1. The van der Waals surface area contributed by atoms with Gasteiger partial charge < -0.3 is 10.6 Å². The van der Waals surface area contributed by atoms with Gasteiger partial charge in [0.25, 0.3) is 0 Å². The summed E-state index contributed by atoms with van der Waals surface area (Å²) < 4.78 is 0. The molecule has 2 N–H and O–H groups in total. The van der Waals surface area contributed by atoms with Crippen molar-refractivity contribution in [1.82, 2.24) is 10.6 Å². The van der Waals surface area contributed by atoms with Crippen LogP contribution < -0.4 is 10.6 Å². The lowest BCUT2D eigenvalue weighted by molar-refractivity contribution is -0.121. The Bertz CT molecular complexity index is 369. The van der Waals surface area contributed by atoms with Crippen molar-refractivity contribution in [2.24, 2.45) is 0 Å². The highest BCUT2D eigenvalue weighted by atomic mass is 32.1. The van der Waals surface area contributed by atoms with E-state index in [1.165, 1.54) is 9.75 Å². The zero-order chi connectivity index (χ0) is 12.1. The first-order chi connectivity index (χ1) is 8.24. The second-order valence-electron chi connectivity index (χ2n) is 4.62. The van der Waals surface area contributed by atoms with Gasteiger partial charge in [0.2, 0.25) is 5.91 Å². The summed E-state index contributed by atoms with van der Waals surface area (Å²) in [5.41, 5.74) is 0. The second-order valence-corrected chi connectivity index (χ2v) is 6.00. The highest BCUT2D eigenvalue weighted by Gasteiger charge is 2.16. The van der Waals surface area contributed by atoms with Gasteiger partial charge >= 0.3 is 0 Å². The third-order valence-corrected chi connectivity index (χ3v) is 4.11. The van der Waals surface area contributed by atoms with Crippen LogP contribution in [0.5, 0.6) is 0 Å². The van der Waals surface area contributed by atoms with Crippen LogP contribution in [-0.2, 0) is 11.2 Å². The Morgan fingerprint density at radius 1 is 1.59 bits per heavy atom. The van der Waals surface area contributed by atoms with E-state index >= 15 is 0 Å². The Labute approximate surface area is 107 Å². The van der Waals surface area contributed by atoms with Crippen LogP contribution in [0.1, 0.15) is 29.0 Å². The molecular weight excluding hydrogens is 232 g/mol. The largest absolute Gasteiger partial charge is 0.352 e. The van der Waals surface area contributed by atoms with E-state index < -0.39 is 0 Å². The maximum absolute atomic E-state index is 11.7. The fraction of sp³-hybridized carbons (Fsp3) is 0.615. The van der Waals surface area contributed by atoms with Gasteiger partial charge in [0.1, 0.15) is 0 Å². The summed E-state index contributed by atoms with van der Waals surface area (Å²) in [5, 5.41) is 6.32. The smallest absolute Gasteiger partial charge is 0.220 e. The maximum Gasteiger partial charge on any atom is 0.220 e. The van der Waals surface area contributed by atoms with Gasteiger partial charge in [-0.25, -0.2) is 0 Å². The molecule has 0 aromatic carbocycles. The molecule has 4 heteroatoms. The molecule has 1 amide bonds. The van der Waals surface area contributed by atoms with E-state index in [9.17, 15) is 4.79 Å². The first-order valence-electron chi connectivity index (χ1n) is 6.29. The number of hydrogen-bond acceptors (Lipinski definition) is 3. The summed E-state index contributed by atoms with van der Waals surface area (Å²) in [5.74, 6) is 0.201. The Morgan fingerprint density at radius 2 is 2.47 bits per heavy atom. The molecule has 1 aliphatic rings. The van der Waals surface area contributed by atoms with E-state index in [1.54, 1.807) is 0 Å². The third kappa shape index (κ3) is 4.13. The molecule has 1 saturated heterocycles. The van der Waals surface area contributed by atoms with Gasteiger partial charge in [-0.15, -0.1) is 11.3 Å². The average molecular weight is 252 g/mol. The molecule has 1 aromatic rings. The summed E-state index contributed by atoms with van der Waals surface area (Å²) in [6.45, 7) is 4.07. The highest BCUT2D eigenvalue weighted by molar-refractivity contribution is 7.11. The molecule has 2 heterocycles. The zero-order valence-corrected chi connectivity index (χ0v) is 11.1. The van der Waals surface area contributed by atoms with Gasteiger partial charge in [0.15, 0.2) is 0 Å². The van der Waals surface area contributed by atoms with Crippen molar-refractivity contribution >= 4 is 17.2 Å². The summed E-state index contributed by atoms with van der Waals surface area (Å²) >= 11 is 1.83. The lowest BCUT2D eigenvalue weighted by Crippen LogP contribution is -2.36. The van der Waals surface area contributed by atoms with Crippen molar-refractivity contribution in [1.29, 1.82) is 0 Å². The van der Waals surface area contributed by atoms with E-state index in [0.29, 0.717) is 12.5 Å². The molecule has 17 heavy (non-hydrogen) atoms. The molecular formula is C13H20N2OS. The Balaban J connectivity index is 1.62. The molecule has 1 fully saturated rings. The van der Waals surface area contributed by atoms with Crippen LogP contribution in [0.25, 0.3) is 0 Å². The number of carbonyl (C=O) groups excluding carboxylic acids is 1. The quantitative estimate of drug-likeness (QED) is 0.840. The molecule has 1 aromatic heterocycles. The molecule has 3 nitrogen and oxygen atoms in total. The summed E-state index contributed by atoms with van der Waals surface area (Å²) in [6.07, 6.45) is 3.68. The topological polar surface area (TPSA) is 41.1 Å². The SMILES string of the molecule is Cc1ccc(CCCC(=O)NC2CCNC2)s1. The monoisotopic (exact) mass is 252 g/mol. The zero-order valence-electron chi connectivity index (χ0n) is 10.3. The minimum absolute atomic E-state index is 0.201. The lowest BCUT2D eigenvalue weighted by atomic mass is 10.2. The van der Waals surface area contributed by atoms with Gasteiger partial charge in [-0.3, -0.25) is 4.79 Å². The number of thiophene rings is 1. The predicted octanol–water partition coefficient (Wildman–Crippen LogP) is 1.86. The maximum atomic E-state index is 11.7. The Morgan fingerprint density at radius 3 is 3.12 bits per heavy atom. The summed E-state index contributed by atoms with van der Waals surface area (Å²) in [4.78, 5) is 14.4. The number of amides is 1. The van der Waals surface area contributed by atoms with E-state index in [2.05, 4.69) is 29.7 Å². The molecule has 94 valence electrons. The number of aryl methyl sites for hydroxylation is 2. The van der Waals surface area contributed by atoms with Crippen LogP contribution >= 0.6 is 11.3 Å². The Kier molecular flexibility index (Phi) is 4.57. The van der Waals surface area contributed by atoms with Crippen LogP contribution in [0, 0.1) is 6.92 Å². The van der Waals surface area contributed by atoms with Crippen molar-refractivity contribution in [2.75, 3.05) is 13.1 Å². The molecule has 1 unspecified atom stereocenters. The van der Waals surface area contributed by atoms with Gasteiger partial charge in [-0.2, -0.15) is 0 Å². The first-order valence-corrected chi connectivity index (χ1v) is 7.11. The van der Waals surface area contributed by atoms with Crippen molar-refractivity contribution in [3.05, 3.63) is 21.9 Å². The minimum atomic E-state index is 0.201. The van der Waals surface area contributed by atoms with Crippen LogP contribution in [0.4, 0.5) is 0 Å². The van der Waals surface area contributed by atoms with Crippen LogP contribution in [0.2, 0.25) is 0 Å². The lowest BCUT2D eigenvalue weighted by Gasteiger charge is -2.10. The van der Waals surface area contributed by atoms with Crippen LogP contribution in [0.3, 0.4) is 0 Å². The van der Waals surface area contributed by atoms with E-state index in [1.807, 2.05) is 11.3 Å². The Hall–Kier alpha value is -0.870. The molecule has 2 rings (SSSR count). The van der Waals surface area contributed by atoms with Gasteiger partial charge in [0, 0.05) is 28.8 Å². The highest BCUT2D eigenvalue weighted by Crippen LogP contribution is 2.17. The van der Waals surface area contributed by atoms with Crippen molar-refractivity contribution < 1.29 is 4.79 Å². The van der Waals surface area contributed by atoms with E-state index in [0.717, 1.165) is 32.4 Å². The normalized spacial score (nSPS) is 19.5. The minimum Gasteiger partial charge on any atom is -0.352 e. The molecule has 0 spiro atoms. The molecule has 0 radical (unpaired) electrons. The van der Waals surface area contributed by atoms with E-state index in [-0.39, 0.29) is 5.91 Å². The number of rotatable bonds is 5. The third-order valence-electron chi connectivity index (χ3n) is 3.05. The predicted molar refractivity (Wildman–Crippen MR) is 71.4 cm³/mol. The molecule has 1 atom stereocenters. The van der Waals surface area contributed by atoms with Gasteiger partial charge in [-0.05, 0) is 44.9 Å². The number of hydrogen-bond donors (Lipinski definition) is 2. The van der Waals surface area contributed by atoms with E-state index in [4.69, 9.17) is 0 Å². The first kappa shape index (κ1) is 12.6. The van der Waals surface area contributed by atoms with Crippen molar-refractivity contribution in [2.45, 2.75) is 38.6 Å². The fourth-order valence-electron chi connectivity index (χ4n) is 2.12. The summed E-state index contributed by atoms with van der Waals surface area (Å²) in [6, 6.07) is 4.66.